The Hall–Kier alpha value is -2.54. The van der Waals surface area contributed by atoms with Crippen molar-refractivity contribution in [1.82, 2.24) is 15.3 Å². The van der Waals surface area contributed by atoms with E-state index in [9.17, 15) is 9.90 Å². The number of benzene rings is 1. The van der Waals surface area contributed by atoms with Crippen molar-refractivity contribution < 1.29 is 9.90 Å². The number of rotatable bonds is 8. The minimum absolute atomic E-state index is 0.248. The van der Waals surface area contributed by atoms with Crippen molar-refractivity contribution in [2.75, 3.05) is 18.5 Å². The molecule has 0 aliphatic rings. The summed E-state index contributed by atoms with van der Waals surface area (Å²) in [5.41, 5.74) is 2.62. The number of aliphatic hydroxyl groups excluding tert-OH is 1. The van der Waals surface area contributed by atoms with Crippen molar-refractivity contribution in [2.24, 2.45) is 0 Å². The molecule has 4 N–H and O–H groups in total. The highest BCUT2D eigenvalue weighted by atomic mass is 35.5. The molecule has 8 heteroatoms. The molecule has 0 saturated carbocycles. The lowest BCUT2D eigenvalue weighted by Crippen LogP contribution is -2.31. The number of carbonyl (C=O) groups is 1. The number of carbonyl (C=O) groups excluding carboxylic acids is 1. The molecule has 1 atom stereocenters. The Balaban J connectivity index is 1.78. The lowest BCUT2D eigenvalue weighted by molar-refractivity contribution is 0.0912. The predicted octanol–water partition coefficient (Wildman–Crippen LogP) is 4.67. The molecule has 0 saturated heterocycles. The average Bonchev–Trinajstić information content (AvgIpc) is 3.21. The fourth-order valence-corrected chi connectivity index (χ4v) is 3.30. The third-order valence-electron chi connectivity index (χ3n) is 4.39. The van der Waals surface area contributed by atoms with Gasteiger partial charge >= 0.3 is 0 Å². The van der Waals surface area contributed by atoms with Gasteiger partial charge in [-0.1, -0.05) is 42.3 Å². The number of nitrogens with one attached hydrogen (secondary N) is 3. The molecule has 3 aromatic rings. The highest BCUT2D eigenvalue weighted by Crippen LogP contribution is 2.30. The van der Waals surface area contributed by atoms with Crippen LogP contribution in [-0.4, -0.2) is 34.1 Å². The first kappa shape index (κ1) is 21.2. The molecule has 1 amide bonds. The van der Waals surface area contributed by atoms with Gasteiger partial charge in [0.15, 0.2) is 0 Å². The van der Waals surface area contributed by atoms with E-state index in [1.807, 2.05) is 6.07 Å². The van der Waals surface area contributed by atoms with Crippen LogP contribution < -0.4 is 10.6 Å². The Labute approximate surface area is 179 Å². The number of amides is 1. The monoisotopic (exact) mass is 432 g/mol. The molecule has 6 nitrogen and oxygen atoms in total. The SMILES string of the molecule is CCCNc1cc(-c2c[nH]c(C(=O)N[C@H](CO)c3cccc(Cl)c3)c2)c(Cl)cn1. The van der Waals surface area contributed by atoms with E-state index in [1.165, 1.54) is 0 Å². The van der Waals surface area contributed by atoms with Gasteiger partial charge in [0.2, 0.25) is 0 Å². The van der Waals surface area contributed by atoms with Gasteiger partial charge in [-0.05, 0) is 36.2 Å². The first-order valence-electron chi connectivity index (χ1n) is 9.27. The van der Waals surface area contributed by atoms with Crippen LogP contribution in [0.4, 0.5) is 5.82 Å². The standard InChI is InChI=1S/C21H22Cl2N4O2/c1-2-6-24-20-9-16(17(23)11-26-20)14-8-18(25-10-14)21(29)27-19(12-28)13-4-3-5-15(22)7-13/h3-5,7-11,19,25,28H,2,6,12H2,1H3,(H,24,26)(H,27,29)/t19-/m1/s1. The van der Waals surface area contributed by atoms with Gasteiger partial charge in [-0.25, -0.2) is 4.98 Å². The summed E-state index contributed by atoms with van der Waals surface area (Å²) in [7, 11) is 0. The summed E-state index contributed by atoms with van der Waals surface area (Å²) in [6, 6.07) is 10.0. The van der Waals surface area contributed by atoms with E-state index in [0.29, 0.717) is 15.7 Å². The first-order valence-corrected chi connectivity index (χ1v) is 10.0. The van der Waals surface area contributed by atoms with E-state index < -0.39 is 6.04 Å². The summed E-state index contributed by atoms with van der Waals surface area (Å²) in [4.78, 5) is 19.9. The summed E-state index contributed by atoms with van der Waals surface area (Å²) in [6.07, 6.45) is 4.28. The zero-order valence-corrected chi connectivity index (χ0v) is 17.4. The molecule has 0 aliphatic heterocycles. The van der Waals surface area contributed by atoms with Gasteiger partial charge in [0.1, 0.15) is 11.5 Å². The van der Waals surface area contributed by atoms with Gasteiger partial charge in [0, 0.05) is 35.1 Å². The van der Waals surface area contributed by atoms with Gasteiger partial charge in [-0.3, -0.25) is 4.79 Å². The third-order valence-corrected chi connectivity index (χ3v) is 4.93. The highest BCUT2D eigenvalue weighted by molar-refractivity contribution is 6.33. The van der Waals surface area contributed by atoms with Crippen molar-refractivity contribution in [3.63, 3.8) is 0 Å². The largest absolute Gasteiger partial charge is 0.394 e. The van der Waals surface area contributed by atoms with E-state index in [0.717, 1.165) is 35.5 Å². The minimum atomic E-state index is -0.567. The predicted molar refractivity (Wildman–Crippen MR) is 117 cm³/mol. The maximum absolute atomic E-state index is 12.7. The summed E-state index contributed by atoms with van der Waals surface area (Å²) >= 11 is 12.3. The number of hydrogen-bond acceptors (Lipinski definition) is 4. The second-order valence-electron chi connectivity index (χ2n) is 6.54. The zero-order chi connectivity index (χ0) is 20.8. The second kappa shape index (κ2) is 9.78. The molecule has 29 heavy (non-hydrogen) atoms. The van der Waals surface area contributed by atoms with Gasteiger partial charge in [-0.15, -0.1) is 0 Å². The first-order chi connectivity index (χ1) is 14.0. The summed E-state index contributed by atoms with van der Waals surface area (Å²) in [6.45, 7) is 2.63. The maximum Gasteiger partial charge on any atom is 0.268 e. The number of aromatic amines is 1. The zero-order valence-electron chi connectivity index (χ0n) is 15.9. The number of pyridine rings is 1. The van der Waals surface area contributed by atoms with E-state index >= 15 is 0 Å². The van der Waals surface area contributed by atoms with Crippen LogP contribution in [0.2, 0.25) is 10.0 Å². The number of hydrogen-bond donors (Lipinski definition) is 4. The minimum Gasteiger partial charge on any atom is -0.394 e. The van der Waals surface area contributed by atoms with Crippen molar-refractivity contribution >= 4 is 34.9 Å². The fourth-order valence-electron chi connectivity index (χ4n) is 2.88. The molecule has 0 spiro atoms. The van der Waals surface area contributed by atoms with Gasteiger partial charge in [0.05, 0.1) is 17.7 Å². The molecule has 152 valence electrons. The van der Waals surface area contributed by atoms with Crippen molar-refractivity contribution in [3.8, 4) is 11.1 Å². The maximum atomic E-state index is 12.7. The fraction of sp³-hybridized carbons (Fsp3) is 0.238. The van der Waals surface area contributed by atoms with Gasteiger partial charge < -0.3 is 20.7 Å². The van der Waals surface area contributed by atoms with Crippen molar-refractivity contribution in [2.45, 2.75) is 19.4 Å². The Morgan fingerprint density at radius 2 is 2.10 bits per heavy atom. The number of aliphatic hydroxyl groups is 1. The van der Waals surface area contributed by atoms with Crippen LogP contribution in [0, 0.1) is 0 Å². The van der Waals surface area contributed by atoms with Crippen molar-refractivity contribution in [1.29, 1.82) is 0 Å². The van der Waals surface area contributed by atoms with Crippen LogP contribution in [-0.2, 0) is 0 Å². The van der Waals surface area contributed by atoms with Crippen LogP contribution in [0.3, 0.4) is 0 Å². The molecule has 0 unspecified atom stereocenters. The molecule has 2 heterocycles. The van der Waals surface area contributed by atoms with E-state index in [4.69, 9.17) is 23.2 Å². The molecule has 0 bridgehead atoms. The van der Waals surface area contributed by atoms with E-state index in [1.54, 1.807) is 42.7 Å². The van der Waals surface area contributed by atoms with E-state index in [2.05, 4.69) is 27.5 Å². The second-order valence-corrected chi connectivity index (χ2v) is 7.39. The number of anilines is 1. The Kier molecular flexibility index (Phi) is 7.14. The lowest BCUT2D eigenvalue weighted by atomic mass is 10.1. The summed E-state index contributed by atoms with van der Waals surface area (Å²) in [5, 5.41) is 16.7. The Morgan fingerprint density at radius 1 is 1.28 bits per heavy atom. The molecular formula is C21H22Cl2N4O2. The molecule has 2 aromatic heterocycles. The number of nitrogens with zero attached hydrogens (tertiary/aromatic N) is 1. The number of aromatic nitrogens is 2. The van der Waals surface area contributed by atoms with Gasteiger partial charge in [-0.2, -0.15) is 0 Å². The lowest BCUT2D eigenvalue weighted by Gasteiger charge is -2.16. The number of H-pyrrole nitrogens is 1. The van der Waals surface area contributed by atoms with E-state index in [-0.39, 0.29) is 12.5 Å². The molecule has 0 fully saturated rings. The van der Waals surface area contributed by atoms with Crippen LogP contribution in [0.5, 0.6) is 0 Å². The number of halogens is 2. The molecule has 0 radical (unpaired) electrons. The Bertz CT molecular complexity index is 990. The smallest absolute Gasteiger partial charge is 0.268 e. The van der Waals surface area contributed by atoms with Crippen LogP contribution in [0.1, 0.15) is 35.4 Å². The summed E-state index contributed by atoms with van der Waals surface area (Å²) in [5.74, 6) is 0.379. The highest BCUT2D eigenvalue weighted by Gasteiger charge is 2.17. The summed E-state index contributed by atoms with van der Waals surface area (Å²) < 4.78 is 0. The van der Waals surface area contributed by atoms with Crippen LogP contribution in [0.15, 0.2) is 48.8 Å². The van der Waals surface area contributed by atoms with Crippen LogP contribution in [0.25, 0.3) is 11.1 Å². The average molecular weight is 433 g/mol. The topological polar surface area (TPSA) is 90.0 Å². The van der Waals surface area contributed by atoms with Crippen LogP contribution >= 0.6 is 23.2 Å². The molecule has 1 aromatic carbocycles. The third kappa shape index (κ3) is 5.29. The normalized spacial score (nSPS) is 11.9. The molecular weight excluding hydrogens is 411 g/mol. The van der Waals surface area contributed by atoms with Crippen molar-refractivity contribution in [3.05, 3.63) is 70.1 Å². The quantitative estimate of drug-likeness (QED) is 0.416. The Morgan fingerprint density at radius 3 is 2.83 bits per heavy atom. The molecule has 3 rings (SSSR count). The molecule has 0 aliphatic carbocycles. The van der Waals surface area contributed by atoms with Gasteiger partial charge in [0.25, 0.3) is 5.91 Å².